The van der Waals surface area contributed by atoms with Crippen LogP contribution < -0.4 is 20.1 Å². The maximum absolute atomic E-state index is 14.6. The Morgan fingerprint density at radius 3 is 2.33 bits per heavy atom. The van der Waals surface area contributed by atoms with Gasteiger partial charge < -0.3 is 14.4 Å². The van der Waals surface area contributed by atoms with Crippen molar-refractivity contribution in [2.45, 2.75) is 56.6 Å². The molecule has 0 N–H and O–H groups in total. The molecule has 1 aromatic heterocycles. The summed E-state index contributed by atoms with van der Waals surface area (Å²) in [6.07, 6.45) is -0.285. The Balaban J connectivity index is 1.18. The Morgan fingerprint density at radius 2 is 1.69 bits per heavy atom. The van der Waals surface area contributed by atoms with Gasteiger partial charge in [-0.3, -0.25) is 4.57 Å². The highest BCUT2D eigenvalue weighted by atomic mass is 19.4. The zero-order chi connectivity index (χ0) is 25.2. The quantitative estimate of drug-likeness (QED) is 0.433. The Hall–Kier alpha value is -3.63. The van der Waals surface area contributed by atoms with Crippen molar-refractivity contribution in [3.8, 4) is 17.4 Å². The molecule has 3 aromatic rings. The predicted molar refractivity (Wildman–Crippen MR) is 118 cm³/mol. The number of alkyl halides is 3. The molecule has 3 aliphatic heterocycles. The first-order valence-electron chi connectivity index (χ1n) is 11.5. The Bertz CT molecular complexity index is 1370. The van der Waals surface area contributed by atoms with Crippen molar-refractivity contribution in [2.24, 2.45) is 0 Å². The van der Waals surface area contributed by atoms with Gasteiger partial charge in [-0.2, -0.15) is 18.2 Å². The molecular formula is C25H20F5N3O3. The normalized spacial score (nSPS) is 22.0. The van der Waals surface area contributed by atoms with Gasteiger partial charge in [0, 0.05) is 12.1 Å². The Labute approximate surface area is 201 Å². The number of hydrogen-bond donors (Lipinski definition) is 0. The van der Waals surface area contributed by atoms with Crippen molar-refractivity contribution < 1.29 is 31.4 Å². The van der Waals surface area contributed by atoms with Crippen LogP contribution >= 0.6 is 0 Å². The molecule has 11 heteroatoms. The van der Waals surface area contributed by atoms with Gasteiger partial charge in [0.2, 0.25) is 5.88 Å². The molecular weight excluding hydrogens is 485 g/mol. The number of nitrogens with zero attached hydrogens (tertiary/aromatic N) is 3. The molecule has 0 radical (unpaired) electrons. The molecule has 6 nitrogen and oxygen atoms in total. The van der Waals surface area contributed by atoms with E-state index >= 15 is 0 Å². The lowest BCUT2D eigenvalue weighted by Gasteiger charge is -2.27. The third-order valence-corrected chi connectivity index (χ3v) is 7.27. The Kier molecular flexibility index (Phi) is 5.03. The summed E-state index contributed by atoms with van der Waals surface area (Å²) in [7, 11) is 0. The van der Waals surface area contributed by atoms with Crippen LogP contribution in [0.4, 0.5) is 27.8 Å². The van der Waals surface area contributed by atoms with Crippen LogP contribution in [-0.4, -0.2) is 21.1 Å². The lowest BCUT2D eigenvalue weighted by Crippen LogP contribution is -2.38. The van der Waals surface area contributed by atoms with E-state index in [1.54, 1.807) is 10.6 Å². The fourth-order valence-corrected chi connectivity index (χ4v) is 5.66. The summed E-state index contributed by atoms with van der Waals surface area (Å²) >= 11 is 0. The van der Waals surface area contributed by atoms with Gasteiger partial charge in [0.25, 0.3) is 0 Å². The van der Waals surface area contributed by atoms with E-state index in [0.29, 0.717) is 12.6 Å². The van der Waals surface area contributed by atoms with E-state index in [9.17, 15) is 26.7 Å². The first-order valence-corrected chi connectivity index (χ1v) is 11.5. The number of benzene rings is 2. The molecule has 0 atom stereocenters. The number of rotatable bonds is 5. The summed E-state index contributed by atoms with van der Waals surface area (Å²) in [5, 5.41) is 0. The van der Waals surface area contributed by atoms with Crippen LogP contribution in [0, 0.1) is 11.6 Å². The third-order valence-electron chi connectivity index (χ3n) is 7.27. The standard InChI is InChI=1S/C25H20F5N3O3/c26-18-9-14(10-19(27)22(18)36-17-3-1-15(2-4-17)25(28,29)30)12-35-20-11-21-32(23(34)31-20)13-24-7-5-16(6-8-24)33(21)24/h1-4,9-11,16H,5-8,12-13H2. The maximum atomic E-state index is 14.6. The van der Waals surface area contributed by atoms with Gasteiger partial charge in [0.05, 0.1) is 17.6 Å². The monoisotopic (exact) mass is 505 g/mol. The van der Waals surface area contributed by atoms with Gasteiger partial charge in [-0.1, -0.05) is 0 Å². The van der Waals surface area contributed by atoms with Crippen LogP contribution in [0.2, 0.25) is 0 Å². The first-order chi connectivity index (χ1) is 17.1. The van der Waals surface area contributed by atoms with E-state index in [2.05, 4.69) is 9.88 Å². The highest BCUT2D eigenvalue weighted by Crippen LogP contribution is 2.53. The number of anilines is 1. The molecule has 6 rings (SSSR count). The second kappa shape index (κ2) is 7.94. The van der Waals surface area contributed by atoms with Gasteiger partial charge in [0.15, 0.2) is 17.4 Å². The number of fused-ring (bicyclic) bond motifs is 1. The zero-order valence-corrected chi connectivity index (χ0v) is 18.8. The van der Waals surface area contributed by atoms with Crippen LogP contribution in [0.25, 0.3) is 0 Å². The van der Waals surface area contributed by atoms with Crippen LogP contribution in [0.3, 0.4) is 0 Å². The molecule has 0 spiro atoms. The van der Waals surface area contributed by atoms with Crippen molar-refractivity contribution >= 4 is 5.82 Å². The van der Waals surface area contributed by atoms with E-state index in [0.717, 1.165) is 67.9 Å². The molecule has 2 bridgehead atoms. The molecule has 2 fully saturated rings. The lowest BCUT2D eigenvalue weighted by atomic mass is 9.88. The summed E-state index contributed by atoms with van der Waals surface area (Å²) in [5.41, 5.74) is -1.22. The SMILES string of the molecule is O=c1nc(OCc2cc(F)c(Oc3ccc(C(F)(F)F)cc3)c(F)c2)cc2n1CC13CCC(CC1)N23. The molecule has 0 amide bonds. The zero-order valence-electron chi connectivity index (χ0n) is 18.8. The molecule has 0 saturated carbocycles. The van der Waals surface area contributed by atoms with E-state index < -0.39 is 34.8 Å². The van der Waals surface area contributed by atoms with E-state index in [1.165, 1.54) is 0 Å². The number of halogens is 5. The molecule has 2 saturated heterocycles. The van der Waals surface area contributed by atoms with Crippen LogP contribution in [0.15, 0.2) is 47.3 Å². The largest absolute Gasteiger partial charge is 0.473 e. The second-order valence-corrected chi connectivity index (χ2v) is 9.45. The van der Waals surface area contributed by atoms with Crippen molar-refractivity contribution in [1.82, 2.24) is 9.55 Å². The molecule has 3 aliphatic rings. The lowest BCUT2D eigenvalue weighted by molar-refractivity contribution is -0.137. The summed E-state index contributed by atoms with van der Waals surface area (Å²) in [6, 6.07) is 7.57. The topological polar surface area (TPSA) is 56.6 Å². The minimum atomic E-state index is -4.54. The minimum Gasteiger partial charge on any atom is -0.473 e. The second-order valence-electron chi connectivity index (χ2n) is 9.45. The molecule has 4 heterocycles. The van der Waals surface area contributed by atoms with Crippen molar-refractivity contribution in [2.75, 3.05) is 4.90 Å². The molecule has 36 heavy (non-hydrogen) atoms. The van der Waals surface area contributed by atoms with Crippen molar-refractivity contribution in [3.63, 3.8) is 0 Å². The fraction of sp³-hybridized carbons (Fsp3) is 0.360. The maximum Gasteiger partial charge on any atom is 0.416 e. The van der Waals surface area contributed by atoms with Crippen LogP contribution in [0.5, 0.6) is 17.4 Å². The molecule has 0 unspecified atom stereocenters. The first kappa shape index (κ1) is 22.8. The fourth-order valence-electron chi connectivity index (χ4n) is 5.66. The van der Waals surface area contributed by atoms with E-state index in [4.69, 9.17) is 9.47 Å². The molecule has 0 aliphatic carbocycles. The molecule has 2 aromatic carbocycles. The molecule has 188 valence electrons. The Morgan fingerprint density at radius 1 is 1.03 bits per heavy atom. The minimum absolute atomic E-state index is 0.0215. The van der Waals surface area contributed by atoms with Crippen LogP contribution in [-0.2, 0) is 19.3 Å². The highest BCUT2D eigenvalue weighted by molar-refractivity contribution is 5.54. The smallest absolute Gasteiger partial charge is 0.416 e. The summed E-state index contributed by atoms with van der Waals surface area (Å²) < 4.78 is 79.7. The summed E-state index contributed by atoms with van der Waals surface area (Å²) in [6.45, 7) is 0.362. The average Bonchev–Trinajstić information content (AvgIpc) is 3.46. The number of aromatic nitrogens is 2. The van der Waals surface area contributed by atoms with Crippen molar-refractivity contribution in [3.05, 3.63) is 75.7 Å². The van der Waals surface area contributed by atoms with Crippen LogP contribution in [0.1, 0.15) is 36.8 Å². The third kappa shape index (κ3) is 3.68. The summed E-state index contributed by atoms with van der Waals surface area (Å²) in [5.74, 6) is -2.16. The van der Waals surface area contributed by atoms with Crippen molar-refractivity contribution in [1.29, 1.82) is 0 Å². The van der Waals surface area contributed by atoms with Gasteiger partial charge in [-0.05, 0) is 67.6 Å². The van der Waals surface area contributed by atoms with Gasteiger partial charge in [-0.25, -0.2) is 13.6 Å². The highest BCUT2D eigenvalue weighted by Gasteiger charge is 2.56. The number of ether oxygens (including phenoxy) is 2. The van der Waals surface area contributed by atoms with E-state index in [1.807, 2.05) is 0 Å². The average molecular weight is 505 g/mol. The predicted octanol–water partition coefficient (Wildman–Crippen LogP) is 5.43. The summed E-state index contributed by atoms with van der Waals surface area (Å²) in [4.78, 5) is 18.9. The van der Waals surface area contributed by atoms with Gasteiger partial charge in [0.1, 0.15) is 18.2 Å². The van der Waals surface area contributed by atoms with E-state index in [-0.39, 0.29) is 29.3 Å². The van der Waals surface area contributed by atoms with Gasteiger partial charge >= 0.3 is 11.9 Å². The number of hydrogen-bond acceptors (Lipinski definition) is 5. The van der Waals surface area contributed by atoms with Gasteiger partial charge in [-0.15, -0.1) is 0 Å².